The molecule has 0 aromatic heterocycles. The molecule has 0 fully saturated rings. The Morgan fingerprint density at radius 1 is 0.786 bits per heavy atom. The van der Waals surface area contributed by atoms with Crippen LogP contribution in [0.15, 0.2) is 54.6 Å². The average molecular weight is 200 g/mol. The summed E-state index contributed by atoms with van der Waals surface area (Å²) in [6.07, 6.45) is 0. The fraction of sp³-hybridized carbons (Fsp3) is 0. The molecular weight excluding hydrogens is 190 g/mol. The van der Waals surface area contributed by atoms with E-state index < -0.39 is 0 Å². The summed E-state index contributed by atoms with van der Waals surface area (Å²) in [7, 11) is 0. The van der Waals surface area contributed by atoms with Crippen LogP contribution in [0.25, 0.3) is 11.1 Å². The molecule has 0 atom stereocenters. The van der Waals surface area contributed by atoms with Crippen LogP contribution in [0.3, 0.4) is 0 Å². The molecule has 0 saturated carbocycles. The lowest BCUT2D eigenvalue weighted by atomic mass is 10.0. The molecule has 0 aliphatic carbocycles. The number of benzene rings is 2. The summed E-state index contributed by atoms with van der Waals surface area (Å²) in [6.45, 7) is 0. The van der Waals surface area contributed by atoms with Crippen LogP contribution in [0.4, 0.5) is 5.69 Å². The molecule has 0 aliphatic heterocycles. The van der Waals surface area contributed by atoms with E-state index in [0.29, 0.717) is 0 Å². The highest BCUT2D eigenvalue weighted by molar-refractivity contribution is 7.60. The van der Waals surface area contributed by atoms with Crippen molar-refractivity contribution in [2.75, 3.05) is 4.72 Å². The van der Waals surface area contributed by atoms with E-state index in [0.717, 1.165) is 11.3 Å². The van der Waals surface area contributed by atoms with Crippen molar-refractivity contribution in [2.45, 2.75) is 0 Å². The van der Waals surface area contributed by atoms with Gasteiger partial charge in [-0.2, -0.15) is 0 Å². The largest absolute Gasteiger partial charge is 0.670 e. The number of anilines is 1. The van der Waals surface area contributed by atoms with Gasteiger partial charge in [0.25, 0.3) is 0 Å². The SMILES string of the molecule is [S-]Nc1ccccc1-c1ccccc1. The third-order valence-corrected chi connectivity index (χ3v) is 2.34. The molecule has 14 heavy (non-hydrogen) atoms. The molecule has 0 radical (unpaired) electrons. The lowest BCUT2D eigenvalue weighted by Crippen LogP contribution is -1.88. The standard InChI is InChI=1S/C12H10NS/c14-13-12-9-5-4-8-11(12)10-6-2-1-3-7-10/h1-9,13H/q-1. The van der Waals surface area contributed by atoms with Crippen molar-refractivity contribution in [3.05, 3.63) is 54.6 Å². The van der Waals surface area contributed by atoms with Crippen LogP contribution in [-0.2, 0) is 12.8 Å². The molecule has 0 amide bonds. The van der Waals surface area contributed by atoms with E-state index in [4.69, 9.17) is 12.8 Å². The molecule has 1 N–H and O–H groups in total. The Balaban J connectivity index is 2.51. The Bertz CT molecular complexity index is 412. The van der Waals surface area contributed by atoms with Gasteiger partial charge in [-0.3, -0.25) is 0 Å². The van der Waals surface area contributed by atoms with Crippen molar-refractivity contribution >= 4 is 18.5 Å². The summed E-state index contributed by atoms with van der Waals surface area (Å²) >= 11 is 4.86. The van der Waals surface area contributed by atoms with E-state index in [1.54, 1.807) is 0 Å². The molecule has 2 rings (SSSR count). The third kappa shape index (κ3) is 1.75. The Morgan fingerprint density at radius 2 is 1.43 bits per heavy atom. The Kier molecular flexibility index (Phi) is 2.75. The maximum atomic E-state index is 4.86. The number of rotatable bonds is 2. The highest BCUT2D eigenvalue weighted by Gasteiger charge is 1.99. The Morgan fingerprint density at radius 3 is 2.14 bits per heavy atom. The van der Waals surface area contributed by atoms with Crippen molar-refractivity contribution in [3.8, 4) is 11.1 Å². The highest BCUT2D eigenvalue weighted by atomic mass is 32.1. The van der Waals surface area contributed by atoms with Crippen molar-refractivity contribution in [1.82, 2.24) is 0 Å². The molecule has 2 heteroatoms. The minimum absolute atomic E-state index is 0.980. The van der Waals surface area contributed by atoms with Gasteiger partial charge in [-0.25, -0.2) is 0 Å². The van der Waals surface area contributed by atoms with E-state index in [9.17, 15) is 0 Å². The van der Waals surface area contributed by atoms with Crippen LogP contribution in [0.2, 0.25) is 0 Å². The fourth-order valence-electron chi connectivity index (χ4n) is 1.44. The van der Waals surface area contributed by atoms with E-state index >= 15 is 0 Å². The zero-order valence-electron chi connectivity index (χ0n) is 7.60. The normalized spacial score (nSPS) is 9.79. The van der Waals surface area contributed by atoms with Crippen LogP contribution < -0.4 is 4.72 Å². The van der Waals surface area contributed by atoms with Crippen molar-refractivity contribution in [2.24, 2.45) is 0 Å². The maximum absolute atomic E-state index is 4.86. The first-order chi connectivity index (χ1) is 6.92. The second-order valence-electron chi connectivity index (χ2n) is 3.01. The predicted octanol–water partition coefficient (Wildman–Crippen LogP) is 3.23. The Hall–Kier alpha value is -1.41. The summed E-state index contributed by atoms with van der Waals surface area (Å²) < 4.78 is 2.78. The zero-order valence-corrected chi connectivity index (χ0v) is 8.42. The van der Waals surface area contributed by atoms with Crippen LogP contribution in [0, 0.1) is 0 Å². The summed E-state index contributed by atoms with van der Waals surface area (Å²) in [5.41, 5.74) is 3.30. The van der Waals surface area contributed by atoms with Gasteiger partial charge < -0.3 is 17.5 Å². The predicted molar refractivity (Wildman–Crippen MR) is 62.9 cm³/mol. The quantitative estimate of drug-likeness (QED) is 0.747. The summed E-state index contributed by atoms with van der Waals surface area (Å²) in [6, 6.07) is 18.2. The molecule has 2 aromatic rings. The average Bonchev–Trinajstić information content (AvgIpc) is 2.30. The van der Waals surface area contributed by atoms with E-state index in [2.05, 4.69) is 22.9 Å². The van der Waals surface area contributed by atoms with Gasteiger partial charge in [0, 0.05) is 11.3 Å². The molecule has 0 bridgehead atoms. The van der Waals surface area contributed by atoms with Crippen LogP contribution in [-0.4, -0.2) is 0 Å². The summed E-state index contributed by atoms with van der Waals surface area (Å²) in [4.78, 5) is 0. The van der Waals surface area contributed by atoms with E-state index in [1.165, 1.54) is 5.56 Å². The highest BCUT2D eigenvalue weighted by Crippen LogP contribution is 2.26. The molecule has 0 unspecified atom stereocenters. The first-order valence-electron chi connectivity index (χ1n) is 4.44. The van der Waals surface area contributed by atoms with E-state index in [-0.39, 0.29) is 0 Å². The monoisotopic (exact) mass is 200 g/mol. The van der Waals surface area contributed by atoms with Crippen molar-refractivity contribution in [3.63, 3.8) is 0 Å². The molecule has 0 heterocycles. The van der Waals surface area contributed by atoms with Crippen LogP contribution in [0.5, 0.6) is 0 Å². The minimum atomic E-state index is 0.980. The lowest BCUT2D eigenvalue weighted by molar-refractivity contribution is 1.61. The summed E-state index contributed by atoms with van der Waals surface area (Å²) in [5.74, 6) is 0. The Labute approximate surface area is 89.3 Å². The molecule has 0 spiro atoms. The van der Waals surface area contributed by atoms with Crippen molar-refractivity contribution in [1.29, 1.82) is 0 Å². The number of para-hydroxylation sites is 1. The van der Waals surface area contributed by atoms with Gasteiger partial charge in [0.2, 0.25) is 0 Å². The number of hydrogen-bond donors (Lipinski definition) is 1. The van der Waals surface area contributed by atoms with Gasteiger partial charge in [0.1, 0.15) is 0 Å². The summed E-state index contributed by atoms with van der Waals surface area (Å²) in [5, 5.41) is 0. The molecule has 1 nitrogen and oxygen atoms in total. The number of nitrogens with one attached hydrogen (secondary N) is 1. The molecule has 0 aliphatic rings. The molecule has 2 aromatic carbocycles. The van der Waals surface area contributed by atoms with Gasteiger partial charge in [-0.1, -0.05) is 48.5 Å². The van der Waals surface area contributed by atoms with Gasteiger partial charge in [0.15, 0.2) is 0 Å². The van der Waals surface area contributed by atoms with E-state index in [1.807, 2.05) is 36.4 Å². The van der Waals surface area contributed by atoms with Crippen molar-refractivity contribution < 1.29 is 0 Å². The second kappa shape index (κ2) is 4.20. The maximum Gasteiger partial charge on any atom is 0.0197 e. The number of hydrogen-bond acceptors (Lipinski definition) is 2. The second-order valence-corrected chi connectivity index (χ2v) is 3.22. The lowest BCUT2D eigenvalue weighted by Gasteiger charge is -2.15. The molecule has 0 saturated heterocycles. The minimum Gasteiger partial charge on any atom is -0.670 e. The fourth-order valence-corrected chi connectivity index (χ4v) is 1.62. The molecular formula is C12H10NS-. The zero-order chi connectivity index (χ0) is 9.80. The van der Waals surface area contributed by atoms with Gasteiger partial charge in [-0.15, -0.1) is 0 Å². The van der Waals surface area contributed by atoms with Crippen LogP contribution in [0.1, 0.15) is 0 Å². The van der Waals surface area contributed by atoms with Gasteiger partial charge >= 0.3 is 0 Å². The third-order valence-electron chi connectivity index (χ3n) is 2.12. The first kappa shape index (κ1) is 9.16. The smallest absolute Gasteiger partial charge is 0.0197 e. The molecule has 70 valence electrons. The van der Waals surface area contributed by atoms with Gasteiger partial charge in [-0.05, 0) is 11.6 Å². The van der Waals surface area contributed by atoms with Gasteiger partial charge in [0.05, 0.1) is 0 Å². The van der Waals surface area contributed by atoms with Crippen LogP contribution >= 0.6 is 0 Å². The topological polar surface area (TPSA) is 12.0 Å². The first-order valence-corrected chi connectivity index (χ1v) is 4.85.